The lowest BCUT2D eigenvalue weighted by Gasteiger charge is -2.24. The lowest BCUT2D eigenvalue weighted by atomic mass is 9.88. The SMILES string of the molecule is CCC(CO)(CO)CO.NCC(=O)O.NCC(=O)O.NCC(=O)O. The topological polar surface area (TPSA) is 251 Å². The van der Waals surface area contributed by atoms with Crippen molar-refractivity contribution < 1.29 is 45.0 Å². The highest BCUT2D eigenvalue weighted by Crippen LogP contribution is 2.18. The number of hydrogen-bond donors (Lipinski definition) is 9. The third-order valence-electron chi connectivity index (χ3n) is 2.28. The summed E-state index contributed by atoms with van der Waals surface area (Å²) < 4.78 is 0. The van der Waals surface area contributed by atoms with E-state index in [1.54, 1.807) is 0 Å². The molecular formula is C12H29N3O9. The van der Waals surface area contributed by atoms with E-state index >= 15 is 0 Å². The van der Waals surface area contributed by atoms with E-state index in [-0.39, 0.29) is 39.5 Å². The van der Waals surface area contributed by atoms with Crippen LogP contribution in [0.15, 0.2) is 0 Å². The Morgan fingerprint density at radius 1 is 0.708 bits per heavy atom. The molecule has 12 nitrogen and oxygen atoms in total. The molecule has 0 atom stereocenters. The second kappa shape index (κ2) is 21.2. The first kappa shape index (κ1) is 30.1. The third-order valence-corrected chi connectivity index (χ3v) is 2.28. The molecule has 24 heavy (non-hydrogen) atoms. The molecule has 0 spiro atoms. The predicted octanol–water partition coefficient (Wildman–Crippen LogP) is -3.55. The van der Waals surface area contributed by atoms with Crippen molar-refractivity contribution in [2.45, 2.75) is 13.3 Å². The summed E-state index contributed by atoms with van der Waals surface area (Å²) in [6.07, 6.45) is 0.594. The zero-order valence-corrected chi connectivity index (χ0v) is 13.6. The van der Waals surface area contributed by atoms with Crippen LogP contribution in [0.4, 0.5) is 0 Å². The van der Waals surface area contributed by atoms with Gasteiger partial charge in [0.05, 0.1) is 39.5 Å². The van der Waals surface area contributed by atoms with E-state index in [1.165, 1.54) is 0 Å². The maximum Gasteiger partial charge on any atom is 0.317 e. The highest BCUT2D eigenvalue weighted by Gasteiger charge is 2.24. The Balaban J connectivity index is -0.000000116. The molecule has 0 heterocycles. The molecule has 0 unspecified atom stereocenters. The van der Waals surface area contributed by atoms with E-state index in [9.17, 15) is 14.4 Å². The lowest BCUT2D eigenvalue weighted by molar-refractivity contribution is -0.136. The molecule has 0 fully saturated rings. The van der Waals surface area contributed by atoms with Gasteiger partial charge in [0.1, 0.15) is 0 Å². The molecule has 0 saturated heterocycles. The Hall–Kier alpha value is -1.83. The van der Waals surface area contributed by atoms with Gasteiger partial charge >= 0.3 is 17.9 Å². The molecule has 0 aromatic carbocycles. The number of hydrogen-bond acceptors (Lipinski definition) is 9. The van der Waals surface area contributed by atoms with Gasteiger partial charge in [-0.25, -0.2) is 0 Å². The highest BCUT2D eigenvalue weighted by molar-refractivity contribution is 5.69. The maximum atomic E-state index is 9.24. The van der Waals surface area contributed by atoms with Crippen molar-refractivity contribution in [3.63, 3.8) is 0 Å². The summed E-state index contributed by atoms with van der Waals surface area (Å²) in [7, 11) is 0. The number of carboxylic acid groups (broad SMARTS) is 3. The van der Waals surface area contributed by atoms with Gasteiger partial charge in [0.2, 0.25) is 0 Å². The van der Waals surface area contributed by atoms with Crippen LogP contribution in [-0.2, 0) is 14.4 Å². The quantitative estimate of drug-likeness (QED) is 0.214. The number of aliphatic hydroxyl groups excluding tert-OH is 3. The first-order valence-electron chi connectivity index (χ1n) is 6.64. The number of nitrogens with two attached hydrogens (primary N) is 3. The fourth-order valence-electron chi connectivity index (χ4n) is 0.485. The van der Waals surface area contributed by atoms with Crippen molar-refractivity contribution >= 4 is 17.9 Å². The molecule has 0 bridgehead atoms. The minimum Gasteiger partial charge on any atom is -0.480 e. The fourth-order valence-corrected chi connectivity index (χ4v) is 0.485. The molecule has 0 aromatic rings. The number of aliphatic hydroxyl groups is 3. The summed E-state index contributed by atoms with van der Waals surface area (Å²) in [5.74, 6) is -2.90. The Labute approximate surface area is 139 Å². The van der Waals surface area contributed by atoms with Crippen LogP contribution in [0.25, 0.3) is 0 Å². The summed E-state index contributed by atoms with van der Waals surface area (Å²) in [6.45, 7) is 0.520. The van der Waals surface area contributed by atoms with Gasteiger partial charge in [-0.15, -0.1) is 0 Å². The zero-order valence-electron chi connectivity index (χ0n) is 13.6. The normalized spacial score (nSPS) is 9.12. The summed E-state index contributed by atoms with van der Waals surface area (Å²) in [5.41, 5.74) is 13.0. The molecule has 12 N–H and O–H groups in total. The molecular weight excluding hydrogens is 330 g/mol. The molecule has 0 amide bonds. The summed E-state index contributed by atoms with van der Waals surface area (Å²) >= 11 is 0. The first-order chi connectivity index (χ1) is 11.1. The van der Waals surface area contributed by atoms with Crippen LogP contribution < -0.4 is 17.2 Å². The van der Waals surface area contributed by atoms with Crippen molar-refractivity contribution in [2.24, 2.45) is 22.6 Å². The molecule has 0 aliphatic heterocycles. The van der Waals surface area contributed by atoms with Crippen LogP contribution in [-0.4, -0.2) is 88.0 Å². The van der Waals surface area contributed by atoms with Gasteiger partial charge in [-0.05, 0) is 6.42 Å². The Bertz CT molecular complexity index is 272. The highest BCUT2D eigenvalue weighted by atomic mass is 16.4. The molecule has 12 heteroatoms. The molecule has 0 saturated carbocycles. The van der Waals surface area contributed by atoms with Crippen LogP contribution >= 0.6 is 0 Å². The molecule has 0 rings (SSSR count). The fraction of sp³-hybridized carbons (Fsp3) is 0.750. The van der Waals surface area contributed by atoms with Crippen LogP contribution in [0, 0.1) is 5.41 Å². The minimum absolute atomic E-state index is 0.156. The molecule has 0 aromatic heterocycles. The number of rotatable bonds is 7. The first-order valence-corrected chi connectivity index (χ1v) is 6.64. The Morgan fingerprint density at radius 3 is 0.875 bits per heavy atom. The second-order valence-corrected chi connectivity index (χ2v) is 4.12. The molecule has 0 aliphatic carbocycles. The van der Waals surface area contributed by atoms with Crippen molar-refractivity contribution in [2.75, 3.05) is 39.5 Å². The summed E-state index contributed by atoms with van der Waals surface area (Å²) in [5, 5.41) is 48.8. The molecule has 0 radical (unpaired) electrons. The Kier molecular flexibility index (Phi) is 26.5. The van der Waals surface area contributed by atoms with Crippen molar-refractivity contribution in [1.29, 1.82) is 0 Å². The number of aliphatic carboxylic acids is 3. The lowest BCUT2D eigenvalue weighted by Crippen LogP contribution is -2.32. The van der Waals surface area contributed by atoms with Gasteiger partial charge in [0, 0.05) is 5.41 Å². The predicted molar refractivity (Wildman–Crippen MR) is 84.1 cm³/mol. The summed E-state index contributed by atoms with van der Waals surface area (Å²) in [6, 6.07) is 0. The van der Waals surface area contributed by atoms with Crippen LogP contribution in [0.5, 0.6) is 0 Å². The van der Waals surface area contributed by atoms with Gasteiger partial charge in [-0.3, -0.25) is 14.4 Å². The van der Waals surface area contributed by atoms with Crippen LogP contribution in [0.3, 0.4) is 0 Å². The maximum absolute atomic E-state index is 9.24. The van der Waals surface area contributed by atoms with E-state index in [1.807, 2.05) is 6.92 Å². The van der Waals surface area contributed by atoms with Gasteiger partial charge in [0.25, 0.3) is 0 Å². The largest absolute Gasteiger partial charge is 0.480 e. The van der Waals surface area contributed by atoms with E-state index in [2.05, 4.69) is 17.2 Å². The van der Waals surface area contributed by atoms with Crippen LogP contribution in [0.2, 0.25) is 0 Å². The Morgan fingerprint density at radius 2 is 0.875 bits per heavy atom. The van der Waals surface area contributed by atoms with Crippen molar-refractivity contribution in [3.8, 4) is 0 Å². The smallest absolute Gasteiger partial charge is 0.317 e. The average Bonchev–Trinajstić information content (AvgIpc) is 2.59. The summed E-state index contributed by atoms with van der Waals surface area (Å²) in [4.78, 5) is 27.7. The van der Waals surface area contributed by atoms with Gasteiger partial charge in [0.15, 0.2) is 0 Å². The van der Waals surface area contributed by atoms with E-state index in [4.69, 9.17) is 30.6 Å². The second-order valence-electron chi connectivity index (χ2n) is 4.12. The standard InChI is InChI=1S/C6H14O3.3C2H5NO2/c1-2-6(3-7,4-8)5-9;3*3-1-2(4)5/h7-9H,2-5H2,1H3;3*1,3H2,(H,4,5). The van der Waals surface area contributed by atoms with E-state index in [0.717, 1.165) is 0 Å². The molecule has 0 aliphatic rings. The average molecular weight is 359 g/mol. The minimum atomic E-state index is -0.968. The van der Waals surface area contributed by atoms with Crippen molar-refractivity contribution in [1.82, 2.24) is 0 Å². The van der Waals surface area contributed by atoms with Gasteiger partial charge < -0.3 is 47.8 Å². The van der Waals surface area contributed by atoms with E-state index < -0.39 is 23.3 Å². The number of carbonyl (C=O) groups is 3. The molecule has 146 valence electrons. The zero-order chi connectivity index (χ0) is 20.2. The van der Waals surface area contributed by atoms with Crippen LogP contribution in [0.1, 0.15) is 13.3 Å². The van der Waals surface area contributed by atoms with E-state index in [0.29, 0.717) is 6.42 Å². The third kappa shape index (κ3) is 28.3. The van der Waals surface area contributed by atoms with Gasteiger partial charge in [-0.1, -0.05) is 6.92 Å². The van der Waals surface area contributed by atoms with Crippen molar-refractivity contribution in [3.05, 3.63) is 0 Å². The number of carboxylic acids is 3. The van der Waals surface area contributed by atoms with Gasteiger partial charge in [-0.2, -0.15) is 0 Å². The monoisotopic (exact) mass is 359 g/mol.